The van der Waals surface area contributed by atoms with Crippen molar-refractivity contribution in [1.29, 1.82) is 0 Å². The smallest absolute Gasteiger partial charge is 0.261 e. The third-order valence-electron chi connectivity index (χ3n) is 5.08. The lowest BCUT2D eigenvalue weighted by molar-refractivity contribution is 0.274. The molecule has 0 amide bonds. The lowest BCUT2D eigenvalue weighted by Gasteiger charge is -2.36. The van der Waals surface area contributed by atoms with Crippen molar-refractivity contribution in [3.8, 4) is 0 Å². The fourth-order valence-corrected chi connectivity index (χ4v) is 3.43. The molecule has 1 fully saturated rings. The Bertz CT molecular complexity index is 1110. The maximum absolute atomic E-state index is 12.4. The van der Waals surface area contributed by atoms with Crippen LogP contribution in [0.3, 0.4) is 0 Å². The molecule has 0 bridgehead atoms. The average Bonchev–Trinajstić information content (AvgIpc) is 2.72. The number of piperazine rings is 1. The van der Waals surface area contributed by atoms with Crippen LogP contribution in [0.15, 0.2) is 46.5 Å². The molecule has 1 aromatic carbocycles. The predicted molar refractivity (Wildman–Crippen MR) is 107 cm³/mol. The molecule has 0 saturated carbocycles. The Morgan fingerprint density at radius 3 is 2.46 bits per heavy atom. The molecule has 28 heavy (non-hydrogen) atoms. The van der Waals surface area contributed by atoms with Crippen molar-refractivity contribution in [3.05, 3.63) is 57.6 Å². The first kappa shape index (κ1) is 18.2. The van der Waals surface area contributed by atoms with Crippen molar-refractivity contribution in [2.75, 3.05) is 42.6 Å². The maximum Gasteiger partial charge on any atom is 0.261 e. The zero-order chi connectivity index (χ0) is 19.7. The molecule has 4 rings (SSSR count). The van der Waals surface area contributed by atoms with Gasteiger partial charge in [0, 0.05) is 45.0 Å². The molecule has 0 unspecified atom stereocenters. The normalized spacial score (nSPS) is 14.6. The van der Waals surface area contributed by atoms with Crippen molar-refractivity contribution in [1.82, 2.24) is 19.1 Å². The van der Waals surface area contributed by atoms with Gasteiger partial charge in [0.1, 0.15) is 5.82 Å². The van der Waals surface area contributed by atoms with E-state index in [1.54, 1.807) is 25.5 Å². The molecule has 3 heterocycles. The van der Waals surface area contributed by atoms with Crippen LogP contribution in [0.2, 0.25) is 0 Å². The van der Waals surface area contributed by atoms with Crippen LogP contribution in [0.25, 0.3) is 10.9 Å². The van der Waals surface area contributed by atoms with E-state index in [0.29, 0.717) is 16.7 Å². The minimum absolute atomic E-state index is 0.0695. The largest absolute Gasteiger partial charge is 0.395 e. The molecule has 9 heteroatoms. The molecule has 1 aliphatic rings. The standard InChI is InChI=1S/C19H22N6O3/c1-22-12-21-17(11-18(22)27)24-6-4-23(5-7-24)14-2-3-15-16(10-14)20-13-25(8-9-26)19(15)28/h2-3,10-13,26H,4-9H2,1H3. The van der Waals surface area contributed by atoms with E-state index in [1.807, 2.05) is 12.1 Å². The number of fused-ring (bicyclic) bond motifs is 1. The van der Waals surface area contributed by atoms with Crippen LogP contribution in [0.5, 0.6) is 0 Å². The number of aliphatic hydroxyl groups excluding tert-OH is 1. The third-order valence-corrected chi connectivity index (χ3v) is 5.08. The fourth-order valence-electron chi connectivity index (χ4n) is 3.43. The highest BCUT2D eigenvalue weighted by Gasteiger charge is 2.19. The van der Waals surface area contributed by atoms with Crippen molar-refractivity contribution in [2.45, 2.75) is 6.54 Å². The number of aromatic nitrogens is 4. The molecule has 1 aliphatic heterocycles. The summed E-state index contributed by atoms with van der Waals surface area (Å²) in [6.45, 7) is 3.21. The summed E-state index contributed by atoms with van der Waals surface area (Å²) in [4.78, 5) is 37.3. The number of hydrogen-bond donors (Lipinski definition) is 1. The molecular formula is C19H22N6O3. The minimum Gasteiger partial charge on any atom is -0.395 e. The van der Waals surface area contributed by atoms with Crippen LogP contribution >= 0.6 is 0 Å². The zero-order valence-electron chi connectivity index (χ0n) is 15.7. The Labute approximate surface area is 161 Å². The molecule has 0 radical (unpaired) electrons. The average molecular weight is 382 g/mol. The van der Waals surface area contributed by atoms with Gasteiger partial charge in [0.15, 0.2) is 0 Å². The van der Waals surface area contributed by atoms with E-state index in [2.05, 4.69) is 19.8 Å². The number of anilines is 2. The first-order valence-electron chi connectivity index (χ1n) is 9.19. The Kier molecular flexibility index (Phi) is 4.82. The van der Waals surface area contributed by atoms with Gasteiger partial charge >= 0.3 is 0 Å². The van der Waals surface area contributed by atoms with E-state index in [-0.39, 0.29) is 24.3 Å². The van der Waals surface area contributed by atoms with Crippen LogP contribution in [-0.2, 0) is 13.6 Å². The second kappa shape index (κ2) is 7.43. The van der Waals surface area contributed by atoms with Gasteiger partial charge in [-0.2, -0.15) is 0 Å². The summed E-state index contributed by atoms with van der Waals surface area (Å²) in [5, 5.41) is 9.59. The summed E-state index contributed by atoms with van der Waals surface area (Å²) in [5.41, 5.74) is 1.44. The molecule has 2 aromatic heterocycles. The molecule has 0 spiro atoms. The van der Waals surface area contributed by atoms with Crippen molar-refractivity contribution < 1.29 is 5.11 Å². The van der Waals surface area contributed by atoms with Gasteiger partial charge in [-0.15, -0.1) is 0 Å². The highest BCUT2D eigenvalue weighted by Crippen LogP contribution is 2.21. The van der Waals surface area contributed by atoms with Gasteiger partial charge < -0.3 is 19.5 Å². The van der Waals surface area contributed by atoms with E-state index in [1.165, 1.54) is 15.5 Å². The van der Waals surface area contributed by atoms with Gasteiger partial charge in [-0.3, -0.25) is 14.2 Å². The van der Waals surface area contributed by atoms with Crippen molar-refractivity contribution in [2.24, 2.45) is 7.05 Å². The molecule has 9 nitrogen and oxygen atoms in total. The second-order valence-corrected chi connectivity index (χ2v) is 6.84. The van der Waals surface area contributed by atoms with Crippen molar-refractivity contribution in [3.63, 3.8) is 0 Å². The van der Waals surface area contributed by atoms with Crippen LogP contribution in [0.1, 0.15) is 0 Å². The quantitative estimate of drug-likeness (QED) is 0.668. The summed E-state index contributed by atoms with van der Waals surface area (Å²) in [7, 11) is 1.68. The fraction of sp³-hybridized carbons (Fsp3) is 0.368. The van der Waals surface area contributed by atoms with Crippen LogP contribution in [0.4, 0.5) is 11.5 Å². The maximum atomic E-state index is 12.4. The van der Waals surface area contributed by atoms with Gasteiger partial charge in [0.25, 0.3) is 11.1 Å². The van der Waals surface area contributed by atoms with Gasteiger partial charge in [-0.25, -0.2) is 9.97 Å². The van der Waals surface area contributed by atoms with Gasteiger partial charge in [-0.1, -0.05) is 0 Å². The Balaban J connectivity index is 1.52. The molecule has 0 aliphatic carbocycles. The summed E-state index contributed by atoms with van der Waals surface area (Å²) in [6, 6.07) is 7.21. The second-order valence-electron chi connectivity index (χ2n) is 6.84. The molecule has 3 aromatic rings. The Morgan fingerprint density at radius 2 is 1.75 bits per heavy atom. The van der Waals surface area contributed by atoms with Crippen LogP contribution in [0, 0.1) is 0 Å². The topological polar surface area (TPSA) is 96.5 Å². The summed E-state index contributed by atoms with van der Waals surface area (Å²) < 4.78 is 2.87. The number of rotatable bonds is 4. The van der Waals surface area contributed by atoms with E-state index in [9.17, 15) is 9.59 Å². The van der Waals surface area contributed by atoms with Crippen molar-refractivity contribution >= 4 is 22.4 Å². The van der Waals surface area contributed by atoms with E-state index in [0.717, 1.165) is 31.9 Å². The monoisotopic (exact) mass is 382 g/mol. The number of nitrogens with zero attached hydrogens (tertiary/aromatic N) is 6. The number of aryl methyl sites for hydroxylation is 1. The van der Waals surface area contributed by atoms with Gasteiger partial charge in [0.05, 0.1) is 36.7 Å². The molecule has 146 valence electrons. The third kappa shape index (κ3) is 3.36. The number of benzene rings is 1. The first-order valence-corrected chi connectivity index (χ1v) is 9.19. The SMILES string of the molecule is Cn1cnc(N2CCN(c3ccc4c(=O)n(CCO)cnc4c3)CC2)cc1=O. The predicted octanol–water partition coefficient (Wildman–Crippen LogP) is -0.191. The Morgan fingerprint density at radius 1 is 1.00 bits per heavy atom. The van der Waals surface area contributed by atoms with Gasteiger partial charge in [0.2, 0.25) is 0 Å². The lowest BCUT2D eigenvalue weighted by atomic mass is 10.2. The highest BCUT2D eigenvalue weighted by atomic mass is 16.3. The molecule has 0 atom stereocenters. The summed E-state index contributed by atoms with van der Waals surface area (Å²) in [6.07, 6.45) is 3.02. The summed E-state index contributed by atoms with van der Waals surface area (Å²) in [5.74, 6) is 0.701. The van der Waals surface area contributed by atoms with E-state index in [4.69, 9.17) is 5.11 Å². The lowest BCUT2D eigenvalue weighted by Crippen LogP contribution is -2.47. The highest BCUT2D eigenvalue weighted by molar-refractivity contribution is 5.81. The Hall–Kier alpha value is -3.20. The van der Waals surface area contributed by atoms with Crippen LogP contribution in [-0.4, -0.2) is 57.0 Å². The minimum atomic E-state index is -0.146. The van der Waals surface area contributed by atoms with Crippen LogP contribution < -0.4 is 20.9 Å². The number of hydrogen-bond acceptors (Lipinski definition) is 7. The first-order chi connectivity index (χ1) is 13.6. The van der Waals surface area contributed by atoms with Gasteiger partial charge in [-0.05, 0) is 18.2 Å². The van der Waals surface area contributed by atoms with E-state index < -0.39 is 0 Å². The molecule has 1 N–H and O–H groups in total. The zero-order valence-corrected chi connectivity index (χ0v) is 15.7. The molecular weight excluding hydrogens is 360 g/mol. The number of aliphatic hydroxyl groups is 1. The molecule has 1 saturated heterocycles. The summed E-state index contributed by atoms with van der Waals surface area (Å²) >= 11 is 0. The van der Waals surface area contributed by atoms with E-state index >= 15 is 0 Å².